The Morgan fingerprint density at radius 3 is 2.50 bits per heavy atom. The van der Waals surface area contributed by atoms with E-state index in [2.05, 4.69) is 14.7 Å². The number of hydrogen-bond donors (Lipinski definition) is 0. The summed E-state index contributed by atoms with van der Waals surface area (Å²) in [5.74, 6) is -1.80. The van der Waals surface area contributed by atoms with Gasteiger partial charge in [-0.05, 0) is 6.92 Å². The Bertz CT molecular complexity index is 404. The highest BCUT2D eigenvalue weighted by Crippen LogP contribution is 2.27. The van der Waals surface area contributed by atoms with E-state index in [9.17, 15) is 18.0 Å². The van der Waals surface area contributed by atoms with Crippen molar-refractivity contribution in [2.75, 3.05) is 7.11 Å². The van der Waals surface area contributed by atoms with Gasteiger partial charge in [0.25, 0.3) is 0 Å². The number of hydrogen-bond acceptors (Lipinski definition) is 4. The molecule has 0 radical (unpaired) electrons. The second kappa shape index (κ2) is 4.46. The van der Waals surface area contributed by atoms with E-state index in [1.54, 1.807) is 0 Å². The highest BCUT2D eigenvalue weighted by molar-refractivity contribution is 5.77. The van der Waals surface area contributed by atoms with Gasteiger partial charge in [-0.2, -0.15) is 18.2 Å². The van der Waals surface area contributed by atoms with Crippen molar-refractivity contribution >= 4 is 5.78 Å². The fourth-order valence-corrected chi connectivity index (χ4v) is 1.05. The molecule has 0 saturated carbocycles. The Kier molecular flexibility index (Phi) is 3.46. The van der Waals surface area contributed by atoms with Gasteiger partial charge in [-0.25, -0.2) is 4.98 Å². The highest BCUT2D eigenvalue weighted by Gasteiger charge is 2.35. The molecule has 0 aliphatic rings. The predicted octanol–water partition coefficient (Wildman–Crippen LogP) is 1.64. The molecule has 4 nitrogen and oxygen atoms in total. The van der Waals surface area contributed by atoms with Crippen molar-refractivity contribution in [1.29, 1.82) is 0 Å². The third-order valence-electron chi connectivity index (χ3n) is 1.65. The first-order valence-corrected chi connectivity index (χ1v) is 4.31. The number of Topliss-reactive ketones (excluding diaryl/α,β-unsaturated/α-hetero) is 1. The number of methoxy groups -OCH3 is 1. The summed E-state index contributed by atoms with van der Waals surface area (Å²) >= 11 is 0. The maximum absolute atomic E-state index is 12.4. The van der Waals surface area contributed by atoms with Crippen molar-refractivity contribution in [2.45, 2.75) is 19.5 Å². The average molecular weight is 234 g/mol. The number of ketones is 1. The van der Waals surface area contributed by atoms with Crippen molar-refractivity contribution in [1.82, 2.24) is 9.97 Å². The maximum Gasteiger partial charge on any atom is 0.451 e. The highest BCUT2D eigenvalue weighted by atomic mass is 19.4. The lowest BCUT2D eigenvalue weighted by Crippen LogP contribution is -2.14. The second-order valence-corrected chi connectivity index (χ2v) is 3.10. The minimum atomic E-state index is -4.65. The van der Waals surface area contributed by atoms with E-state index >= 15 is 0 Å². The molecule has 1 aromatic rings. The molecule has 0 aliphatic heterocycles. The Hall–Kier alpha value is -1.66. The zero-order chi connectivity index (χ0) is 12.3. The van der Waals surface area contributed by atoms with Crippen LogP contribution in [0.5, 0.6) is 5.88 Å². The molecule has 0 atom stereocenters. The molecule has 1 heterocycles. The van der Waals surface area contributed by atoms with Crippen LogP contribution in [0.3, 0.4) is 0 Å². The Morgan fingerprint density at radius 2 is 2.06 bits per heavy atom. The van der Waals surface area contributed by atoms with Crippen LogP contribution >= 0.6 is 0 Å². The molecule has 0 aromatic carbocycles. The van der Waals surface area contributed by atoms with Crippen molar-refractivity contribution < 1.29 is 22.7 Å². The van der Waals surface area contributed by atoms with Crippen LogP contribution in [0, 0.1) is 0 Å². The summed E-state index contributed by atoms with van der Waals surface area (Å²) < 4.78 is 41.7. The van der Waals surface area contributed by atoms with E-state index in [1.165, 1.54) is 20.1 Å². The Labute approximate surface area is 89.5 Å². The number of nitrogens with zero attached hydrogens (tertiary/aromatic N) is 2. The molecular formula is C9H9F3N2O2. The molecule has 7 heteroatoms. The van der Waals surface area contributed by atoms with E-state index in [0.29, 0.717) is 0 Å². The van der Waals surface area contributed by atoms with E-state index in [0.717, 1.165) is 0 Å². The zero-order valence-electron chi connectivity index (χ0n) is 8.63. The van der Waals surface area contributed by atoms with Gasteiger partial charge in [0.15, 0.2) is 0 Å². The third-order valence-corrected chi connectivity index (χ3v) is 1.65. The van der Waals surface area contributed by atoms with Crippen LogP contribution in [0.15, 0.2) is 6.07 Å². The van der Waals surface area contributed by atoms with Gasteiger partial charge in [0.1, 0.15) is 5.78 Å². The van der Waals surface area contributed by atoms with E-state index in [-0.39, 0.29) is 23.8 Å². The zero-order valence-corrected chi connectivity index (χ0v) is 8.63. The minimum absolute atomic E-state index is 0.00771. The van der Waals surface area contributed by atoms with Crippen molar-refractivity contribution in [3.63, 3.8) is 0 Å². The van der Waals surface area contributed by atoms with E-state index in [1.807, 2.05) is 0 Å². The molecule has 16 heavy (non-hydrogen) atoms. The molecule has 1 rings (SSSR count). The van der Waals surface area contributed by atoms with Crippen LogP contribution < -0.4 is 4.74 Å². The van der Waals surface area contributed by atoms with Crippen molar-refractivity contribution in [3.8, 4) is 5.88 Å². The van der Waals surface area contributed by atoms with Crippen LogP contribution in [-0.2, 0) is 17.4 Å². The number of alkyl halides is 3. The average Bonchev–Trinajstić information content (AvgIpc) is 2.14. The van der Waals surface area contributed by atoms with Gasteiger partial charge in [-0.15, -0.1) is 0 Å². The number of halogens is 3. The largest absolute Gasteiger partial charge is 0.481 e. The minimum Gasteiger partial charge on any atom is -0.481 e. The van der Waals surface area contributed by atoms with Crippen LogP contribution in [0.4, 0.5) is 13.2 Å². The first-order valence-electron chi connectivity index (χ1n) is 4.31. The summed E-state index contributed by atoms with van der Waals surface area (Å²) in [7, 11) is 1.19. The van der Waals surface area contributed by atoms with Gasteiger partial charge in [0, 0.05) is 12.5 Å². The lowest BCUT2D eigenvalue weighted by Gasteiger charge is -2.08. The molecular weight excluding hydrogens is 225 g/mol. The first kappa shape index (κ1) is 12.4. The summed E-state index contributed by atoms with van der Waals surface area (Å²) in [6.07, 6.45) is -4.83. The summed E-state index contributed by atoms with van der Waals surface area (Å²) in [5, 5.41) is 0. The molecule has 0 aliphatic carbocycles. The lowest BCUT2D eigenvalue weighted by atomic mass is 10.2. The monoisotopic (exact) mass is 234 g/mol. The quantitative estimate of drug-likeness (QED) is 0.797. The number of carbonyl (C=O) groups is 1. The van der Waals surface area contributed by atoms with E-state index in [4.69, 9.17) is 0 Å². The summed E-state index contributed by atoms with van der Waals surface area (Å²) in [6.45, 7) is 1.27. The van der Waals surface area contributed by atoms with Gasteiger partial charge in [-0.3, -0.25) is 4.79 Å². The van der Waals surface area contributed by atoms with Gasteiger partial charge in [-0.1, -0.05) is 0 Å². The number of rotatable bonds is 3. The maximum atomic E-state index is 12.4. The van der Waals surface area contributed by atoms with Crippen molar-refractivity contribution in [3.05, 3.63) is 17.6 Å². The topological polar surface area (TPSA) is 52.1 Å². The first-order chi connectivity index (χ1) is 7.32. The van der Waals surface area contributed by atoms with Crippen LogP contribution in [-0.4, -0.2) is 22.9 Å². The van der Waals surface area contributed by atoms with Gasteiger partial charge < -0.3 is 4.74 Å². The smallest absolute Gasteiger partial charge is 0.451 e. The van der Waals surface area contributed by atoms with Gasteiger partial charge >= 0.3 is 6.18 Å². The Morgan fingerprint density at radius 1 is 1.44 bits per heavy atom. The second-order valence-electron chi connectivity index (χ2n) is 3.10. The SMILES string of the molecule is COc1cc(CC(C)=O)nc(C(F)(F)F)n1. The van der Waals surface area contributed by atoms with Gasteiger partial charge in [0.2, 0.25) is 11.7 Å². The molecule has 0 bridgehead atoms. The van der Waals surface area contributed by atoms with E-state index < -0.39 is 12.0 Å². The van der Waals surface area contributed by atoms with Crippen LogP contribution in [0.25, 0.3) is 0 Å². The van der Waals surface area contributed by atoms with Crippen LogP contribution in [0.1, 0.15) is 18.4 Å². The normalized spacial score (nSPS) is 11.3. The molecule has 0 N–H and O–H groups in total. The molecule has 0 fully saturated rings. The predicted molar refractivity (Wildman–Crippen MR) is 48.0 cm³/mol. The lowest BCUT2D eigenvalue weighted by molar-refractivity contribution is -0.145. The molecule has 1 aromatic heterocycles. The van der Waals surface area contributed by atoms with Gasteiger partial charge in [0.05, 0.1) is 12.8 Å². The standard InChI is InChI=1S/C9H9F3N2O2/c1-5(15)3-6-4-7(16-2)14-8(13-6)9(10,11)12/h4H,3H2,1-2H3. The summed E-state index contributed by atoms with van der Waals surface area (Å²) in [5.41, 5.74) is -0.00771. The Balaban J connectivity index is 3.16. The molecule has 0 unspecified atom stereocenters. The molecule has 88 valence electrons. The number of carbonyl (C=O) groups excluding carboxylic acids is 1. The van der Waals surface area contributed by atoms with Crippen LogP contribution in [0.2, 0.25) is 0 Å². The molecule has 0 spiro atoms. The number of ether oxygens (including phenoxy) is 1. The number of aromatic nitrogens is 2. The van der Waals surface area contributed by atoms with Crippen molar-refractivity contribution in [2.24, 2.45) is 0 Å². The fourth-order valence-electron chi connectivity index (χ4n) is 1.05. The third kappa shape index (κ3) is 3.18. The summed E-state index contributed by atoms with van der Waals surface area (Å²) in [6, 6.07) is 1.20. The fraction of sp³-hybridized carbons (Fsp3) is 0.444. The molecule has 0 amide bonds. The summed E-state index contributed by atoms with van der Waals surface area (Å²) in [4.78, 5) is 17.2. The molecule has 0 saturated heterocycles.